The second kappa shape index (κ2) is 9.84. The Morgan fingerprint density at radius 2 is 1.77 bits per heavy atom. The first-order valence-corrected chi connectivity index (χ1v) is 12.9. The van der Waals surface area contributed by atoms with Crippen LogP contribution in [-0.2, 0) is 17.5 Å². The molecule has 3 aromatic heterocycles. The number of carbonyl (C=O) groups is 1. The molecule has 1 amide bonds. The van der Waals surface area contributed by atoms with Gasteiger partial charge in [0.25, 0.3) is 5.91 Å². The second-order valence-corrected chi connectivity index (χ2v) is 9.95. The van der Waals surface area contributed by atoms with Crippen LogP contribution in [-0.4, -0.2) is 32.2 Å². The number of amides is 1. The van der Waals surface area contributed by atoms with Gasteiger partial charge in [-0.15, -0.1) is 0 Å². The fraction of sp³-hybridized carbons (Fsp3) is 0.0714. The van der Waals surface area contributed by atoms with Gasteiger partial charge in [-0.2, -0.15) is 0 Å². The average Bonchev–Trinajstić information content (AvgIpc) is 2.95. The van der Waals surface area contributed by atoms with E-state index in [1.165, 1.54) is 7.11 Å². The molecule has 11 heteroatoms. The van der Waals surface area contributed by atoms with Crippen LogP contribution >= 0.6 is 0 Å². The van der Waals surface area contributed by atoms with Crippen molar-refractivity contribution in [2.45, 2.75) is 11.4 Å². The number of rotatable bonds is 1. The fourth-order valence-electron chi connectivity index (χ4n) is 4.43. The lowest BCUT2D eigenvalue weighted by molar-refractivity contribution is 0.0946. The fourth-order valence-corrected chi connectivity index (χ4v) is 5.35. The summed E-state index contributed by atoms with van der Waals surface area (Å²) in [6.45, 7) is 0.0366. The summed E-state index contributed by atoms with van der Waals surface area (Å²) in [5, 5.41) is 3.48. The SMILES string of the molecule is COc1ncc2cc1NS(=O)c1cc(c(F)cc1F)C(=O)NCc1cncc(c1)-c1ccnc3ccc-2cc13. The normalized spacial score (nSPS) is 14.7. The maximum Gasteiger partial charge on any atom is 0.254 e. The molecule has 2 aromatic carbocycles. The van der Waals surface area contributed by atoms with Crippen molar-refractivity contribution in [1.29, 1.82) is 0 Å². The predicted molar refractivity (Wildman–Crippen MR) is 142 cm³/mol. The van der Waals surface area contributed by atoms with Crippen LogP contribution in [0.15, 0.2) is 78.2 Å². The van der Waals surface area contributed by atoms with Crippen LogP contribution in [0, 0.1) is 11.6 Å². The lowest BCUT2D eigenvalue weighted by Gasteiger charge is -2.14. The Hall–Kier alpha value is -4.77. The number of methoxy groups -OCH3 is 1. The number of nitrogens with one attached hydrogen (secondary N) is 2. The molecule has 0 radical (unpaired) electrons. The number of anilines is 1. The summed E-state index contributed by atoms with van der Waals surface area (Å²) in [6, 6.07) is 12.6. The number of fused-ring (bicyclic) bond motifs is 9. The molecule has 1 atom stereocenters. The summed E-state index contributed by atoms with van der Waals surface area (Å²) < 4.78 is 50.5. The van der Waals surface area contributed by atoms with E-state index in [0.29, 0.717) is 17.2 Å². The van der Waals surface area contributed by atoms with Gasteiger partial charge in [-0.1, -0.05) is 6.07 Å². The highest BCUT2D eigenvalue weighted by molar-refractivity contribution is 7.86. The number of carbonyl (C=O) groups excluding carboxylic acids is 1. The third kappa shape index (κ3) is 4.57. The van der Waals surface area contributed by atoms with Gasteiger partial charge in [-0.3, -0.25) is 19.5 Å². The van der Waals surface area contributed by atoms with E-state index in [-0.39, 0.29) is 18.1 Å². The van der Waals surface area contributed by atoms with Gasteiger partial charge >= 0.3 is 0 Å². The van der Waals surface area contributed by atoms with Crippen molar-refractivity contribution in [1.82, 2.24) is 20.3 Å². The topological polar surface area (TPSA) is 106 Å². The summed E-state index contributed by atoms with van der Waals surface area (Å²) in [4.78, 5) is 25.6. The van der Waals surface area contributed by atoms with E-state index in [1.54, 1.807) is 30.9 Å². The highest BCUT2D eigenvalue weighted by Crippen LogP contribution is 2.34. The molecule has 0 spiro atoms. The number of aromatic nitrogens is 3. The minimum Gasteiger partial charge on any atom is -0.480 e. The molecular formula is C28H19F2N5O3S. The van der Waals surface area contributed by atoms with Gasteiger partial charge in [0.05, 0.1) is 23.1 Å². The molecule has 8 bridgehead atoms. The van der Waals surface area contributed by atoms with Gasteiger partial charge in [0.15, 0.2) is 11.0 Å². The second-order valence-electron chi connectivity index (χ2n) is 8.77. The predicted octanol–water partition coefficient (Wildman–Crippen LogP) is 5.02. The summed E-state index contributed by atoms with van der Waals surface area (Å²) >= 11 is 0. The minimum atomic E-state index is -2.22. The molecule has 194 valence electrons. The first-order chi connectivity index (χ1) is 18.9. The minimum absolute atomic E-state index is 0.0366. The first kappa shape index (κ1) is 24.6. The Kier molecular flexibility index (Phi) is 6.20. The molecule has 8 nitrogen and oxygen atoms in total. The molecule has 0 fully saturated rings. The summed E-state index contributed by atoms with van der Waals surface area (Å²) in [5.41, 5.74) is 4.33. The Morgan fingerprint density at radius 1 is 0.897 bits per heavy atom. The maximum atomic E-state index is 14.7. The van der Waals surface area contributed by atoms with Gasteiger partial charge in [0.1, 0.15) is 17.3 Å². The zero-order chi connectivity index (χ0) is 27.1. The van der Waals surface area contributed by atoms with Crippen molar-refractivity contribution in [3.8, 4) is 28.1 Å². The molecule has 1 aliphatic heterocycles. The van der Waals surface area contributed by atoms with Crippen LogP contribution in [0.1, 0.15) is 15.9 Å². The van der Waals surface area contributed by atoms with E-state index in [2.05, 4.69) is 25.0 Å². The van der Waals surface area contributed by atoms with Crippen LogP contribution in [0.25, 0.3) is 33.2 Å². The lowest BCUT2D eigenvalue weighted by atomic mass is 9.98. The van der Waals surface area contributed by atoms with Crippen molar-refractivity contribution >= 4 is 33.5 Å². The van der Waals surface area contributed by atoms with Gasteiger partial charge in [0, 0.05) is 53.9 Å². The molecule has 0 aliphatic carbocycles. The van der Waals surface area contributed by atoms with Gasteiger partial charge in [-0.25, -0.2) is 18.0 Å². The molecule has 2 N–H and O–H groups in total. The van der Waals surface area contributed by atoms with E-state index >= 15 is 0 Å². The maximum absolute atomic E-state index is 14.7. The quantitative estimate of drug-likeness (QED) is 0.308. The molecule has 0 saturated carbocycles. The number of halogens is 2. The van der Waals surface area contributed by atoms with E-state index in [9.17, 15) is 17.8 Å². The van der Waals surface area contributed by atoms with Crippen LogP contribution < -0.4 is 14.8 Å². The highest BCUT2D eigenvalue weighted by atomic mass is 32.2. The number of benzene rings is 2. The van der Waals surface area contributed by atoms with Crippen molar-refractivity contribution in [3.63, 3.8) is 0 Å². The van der Waals surface area contributed by atoms with Crippen molar-refractivity contribution < 1.29 is 22.5 Å². The summed E-state index contributed by atoms with van der Waals surface area (Å²) in [6.07, 6.45) is 6.61. The van der Waals surface area contributed by atoms with Gasteiger partial charge in [0.2, 0.25) is 5.88 Å². The molecule has 4 heterocycles. The number of pyridine rings is 3. The molecule has 6 rings (SSSR count). The summed E-state index contributed by atoms with van der Waals surface area (Å²) in [7, 11) is -0.830. The largest absolute Gasteiger partial charge is 0.480 e. The third-order valence-electron chi connectivity index (χ3n) is 6.35. The van der Waals surface area contributed by atoms with E-state index < -0.39 is 39.0 Å². The van der Waals surface area contributed by atoms with Crippen LogP contribution in [0.3, 0.4) is 0 Å². The molecule has 39 heavy (non-hydrogen) atoms. The Bertz CT molecular complexity index is 1810. The number of hydrogen-bond acceptors (Lipinski definition) is 6. The Labute approximate surface area is 223 Å². The number of ether oxygens (including phenoxy) is 1. The molecule has 1 aliphatic rings. The molecule has 0 saturated heterocycles. The molecular weight excluding hydrogens is 524 g/mol. The highest BCUT2D eigenvalue weighted by Gasteiger charge is 2.21. The van der Waals surface area contributed by atoms with Gasteiger partial charge in [-0.05, 0) is 53.1 Å². The smallest absolute Gasteiger partial charge is 0.254 e. The zero-order valence-corrected chi connectivity index (χ0v) is 21.2. The standard InChI is InChI=1S/C28H19F2N5O3S/c1-38-28-25-8-17(14-34-28)16-2-3-24-20(7-16)19(4-5-32-24)18-6-15(11-31-13-18)12-33-27(36)21-9-26(39(37)35-25)23(30)10-22(21)29/h2-11,13-14,35H,12H2,1H3,(H,33,36). The van der Waals surface area contributed by atoms with E-state index in [0.717, 1.165) is 33.7 Å². The van der Waals surface area contributed by atoms with Crippen molar-refractivity contribution in [2.24, 2.45) is 0 Å². The van der Waals surface area contributed by atoms with Crippen LogP contribution in [0.5, 0.6) is 5.88 Å². The van der Waals surface area contributed by atoms with Crippen molar-refractivity contribution in [2.75, 3.05) is 11.8 Å². The zero-order valence-electron chi connectivity index (χ0n) is 20.4. The first-order valence-electron chi connectivity index (χ1n) is 11.7. The van der Waals surface area contributed by atoms with Crippen LogP contribution in [0.4, 0.5) is 14.5 Å². The van der Waals surface area contributed by atoms with E-state index in [4.69, 9.17) is 4.74 Å². The third-order valence-corrected chi connectivity index (χ3v) is 7.46. The van der Waals surface area contributed by atoms with Gasteiger partial charge < -0.3 is 10.1 Å². The molecule has 5 aromatic rings. The van der Waals surface area contributed by atoms with Crippen molar-refractivity contribution in [3.05, 3.63) is 96.1 Å². The number of hydrogen-bond donors (Lipinski definition) is 2. The Morgan fingerprint density at radius 3 is 2.62 bits per heavy atom. The molecule has 1 unspecified atom stereocenters. The average molecular weight is 544 g/mol. The number of nitrogens with zero attached hydrogens (tertiary/aromatic N) is 3. The van der Waals surface area contributed by atoms with Crippen LogP contribution in [0.2, 0.25) is 0 Å². The monoisotopic (exact) mass is 543 g/mol. The Balaban J connectivity index is 1.58. The summed E-state index contributed by atoms with van der Waals surface area (Å²) in [5.74, 6) is -2.82. The lowest BCUT2D eigenvalue weighted by Crippen LogP contribution is -2.24. The van der Waals surface area contributed by atoms with E-state index in [1.807, 2.05) is 30.3 Å².